The molecule has 0 spiro atoms. The lowest BCUT2D eigenvalue weighted by Gasteiger charge is -2.10. The minimum absolute atomic E-state index is 0.00686. The van der Waals surface area contributed by atoms with Crippen LogP contribution in [0.1, 0.15) is 20.3 Å². The predicted octanol–water partition coefficient (Wildman–Crippen LogP) is -1.11. The van der Waals surface area contributed by atoms with Crippen molar-refractivity contribution < 1.29 is 24.6 Å². The Balaban J connectivity index is 3.64. The Labute approximate surface area is 111 Å². The third-order valence-electron chi connectivity index (χ3n) is 2.11. The van der Waals surface area contributed by atoms with E-state index < -0.39 is 18.1 Å². The van der Waals surface area contributed by atoms with Gasteiger partial charge in [-0.2, -0.15) is 0 Å². The smallest absolute Gasteiger partial charge is 0.332 e. The number of carbonyl (C=O) groups excluding carboxylic acids is 2. The highest BCUT2D eigenvalue weighted by Gasteiger charge is 2.13. The first kappa shape index (κ1) is 17.2. The van der Waals surface area contributed by atoms with Crippen LogP contribution < -0.4 is 16.0 Å². The molecule has 0 heterocycles. The summed E-state index contributed by atoms with van der Waals surface area (Å²) in [6.07, 6.45) is -1.60. The van der Waals surface area contributed by atoms with Crippen molar-refractivity contribution in [2.75, 3.05) is 19.6 Å². The molecule has 0 aromatic carbocycles. The summed E-state index contributed by atoms with van der Waals surface area (Å²) in [6.45, 7) is 4.29. The average Bonchev–Trinajstić information content (AvgIpc) is 2.33. The van der Waals surface area contributed by atoms with E-state index in [1.807, 2.05) is 13.8 Å². The van der Waals surface area contributed by atoms with Crippen molar-refractivity contribution in [2.45, 2.75) is 26.4 Å². The zero-order chi connectivity index (χ0) is 14.8. The van der Waals surface area contributed by atoms with Crippen LogP contribution in [0.3, 0.4) is 0 Å². The van der Waals surface area contributed by atoms with Gasteiger partial charge in [0.25, 0.3) is 0 Å². The Hall–Kier alpha value is -1.83. The van der Waals surface area contributed by atoms with Crippen LogP contribution in [0.5, 0.6) is 0 Å². The molecule has 0 fully saturated rings. The molecule has 8 heteroatoms. The number of aliphatic hydroxyl groups excluding tert-OH is 1. The lowest BCUT2D eigenvalue weighted by molar-refractivity contribution is -0.146. The van der Waals surface area contributed by atoms with Crippen LogP contribution in [0.2, 0.25) is 0 Å². The van der Waals surface area contributed by atoms with E-state index in [1.54, 1.807) is 0 Å². The van der Waals surface area contributed by atoms with Gasteiger partial charge in [0, 0.05) is 19.5 Å². The highest BCUT2D eigenvalue weighted by atomic mass is 16.4. The standard InChI is InChI=1S/C11H21N3O5/c1-7(2)5-13-9(16)6-14-11(19)12-4-3-8(15)10(17)18/h7-8,15H,3-6H2,1-2H3,(H,13,16)(H,17,18)(H2,12,14,19)/t8-/m0/s1. The zero-order valence-electron chi connectivity index (χ0n) is 11.1. The first-order valence-electron chi connectivity index (χ1n) is 6.02. The normalized spacial score (nSPS) is 11.8. The van der Waals surface area contributed by atoms with Crippen molar-refractivity contribution in [3.05, 3.63) is 0 Å². The molecular weight excluding hydrogens is 254 g/mol. The summed E-state index contributed by atoms with van der Waals surface area (Å²) in [4.78, 5) is 32.7. The molecule has 0 rings (SSSR count). The number of carboxylic acids is 1. The minimum atomic E-state index is -1.50. The molecule has 8 nitrogen and oxygen atoms in total. The molecule has 110 valence electrons. The molecule has 0 unspecified atom stereocenters. The highest BCUT2D eigenvalue weighted by molar-refractivity contribution is 5.83. The van der Waals surface area contributed by atoms with Crippen LogP contribution in [0.4, 0.5) is 4.79 Å². The summed E-state index contributed by atoms with van der Waals surface area (Å²) in [5.74, 6) is -1.31. The maximum Gasteiger partial charge on any atom is 0.332 e. The Kier molecular flexibility index (Phi) is 8.27. The Morgan fingerprint density at radius 2 is 1.74 bits per heavy atom. The first-order valence-corrected chi connectivity index (χ1v) is 6.02. The van der Waals surface area contributed by atoms with Crippen LogP contribution >= 0.6 is 0 Å². The number of urea groups is 1. The molecule has 0 saturated heterocycles. The predicted molar refractivity (Wildman–Crippen MR) is 67.5 cm³/mol. The van der Waals surface area contributed by atoms with Crippen LogP contribution in [0.25, 0.3) is 0 Å². The monoisotopic (exact) mass is 275 g/mol. The molecule has 3 amide bonds. The second-order valence-electron chi connectivity index (χ2n) is 4.45. The number of amides is 3. The fraction of sp³-hybridized carbons (Fsp3) is 0.727. The van der Waals surface area contributed by atoms with E-state index in [2.05, 4.69) is 16.0 Å². The number of aliphatic hydroxyl groups is 1. The molecule has 0 bridgehead atoms. The van der Waals surface area contributed by atoms with E-state index >= 15 is 0 Å². The third kappa shape index (κ3) is 9.83. The molecule has 5 N–H and O–H groups in total. The molecule has 0 aliphatic carbocycles. The van der Waals surface area contributed by atoms with Gasteiger partial charge in [-0.25, -0.2) is 9.59 Å². The number of rotatable bonds is 8. The summed E-state index contributed by atoms with van der Waals surface area (Å²) in [5.41, 5.74) is 0. The largest absolute Gasteiger partial charge is 0.479 e. The molecule has 0 saturated carbocycles. The van der Waals surface area contributed by atoms with E-state index in [-0.39, 0.29) is 25.4 Å². The van der Waals surface area contributed by atoms with Crippen molar-refractivity contribution in [1.82, 2.24) is 16.0 Å². The van der Waals surface area contributed by atoms with Gasteiger partial charge in [0.15, 0.2) is 6.10 Å². The maximum atomic E-state index is 11.3. The van der Waals surface area contributed by atoms with Crippen molar-refractivity contribution in [1.29, 1.82) is 0 Å². The van der Waals surface area contributed by atoms with Crippen LogP contribution in [-0.4, -0.2) is 53.9 Å². The van der Waals surface area contributed by atoms with Crippen LogP contribution in [-0.2, 0) is 9.59 Å². The minimum Gasteiger partial charge on any atom is -0.479 e. The Morgan fingerprint density at radius 1 is 1.11 bits per heavy atom. The van der Waals surface area contributed by atoms with Gasteiger partial charge in [-0.1, -0.05) is 13.8 Å². The molecule has 1 atom stereocenters. The second-order valence-corrected chi connectivity index (χ2v) is 4.45. The van der Waals surface area contributed by atoms with Gasteiger partial charge in [0.2, 0.25) is 5.91 Å². The Morgan fingerprint density at radius 3 is 2.26 bits per heavy atom. The van der Waals surface area contributed by atoms with Crippen LogP contribution in [0, 0.1) is 5.92 Å². The second kappa shape index (κ2) is 9.15. The molecule has 0 aliphatic heterocycles. The number of aliphatic carboxylic acids is 1. The van der Waals surface area contributed by atoms with Gasteiger partial charge in [-0.3, -0.25) is 4.79 Å². The van der Waals surface area contributed by atoms with E-state index in [4.69, 9.17) is 10.2 Å². The van der Waals surface area contributed by atoms with Gasteiger partial charge in [0.05, 0.1) is 6.54 Å². The van der Waals surface area contributed by atoms with Gasteiger partial charge < -0.3 is 26.2 Å². The lowest BCUT2D eigenvalue weighted by atomic mass is 10.2. The van der Waals surface area contributed by atoms with Crippen molar-refractivity contribution in [3.63, 3.8) is 0 Å². The van der Waals surface area contributed by atoms with E-state index in [0.29, 0.717) is 12.5 Å². The van der Waals surface area contributed by atoms with Gasteiger partial charge in [0.1, 0.15) is 0 Å². The SMILES string of the molecule is CC(C)CNC(=O)CNC(=O)NCC[C@H](O)C(=O)O. The summed E-state index contributed by atoms with van der Waals surface area (Å²) in [6, 6.07) is -0.586. The van der Waals surface area contributed by atoms with Crippen LogP contribution in [0.15, 0.2) is 0 Å². The number of nitrogens with one attached hydrogen (secondary N) is 3. The Bertz CT molecular complexity index is 319. The number of hydrogen-bond donors (Lipinski definition) is 5. The van der Waals surface area contributed by atoms with Gasteiger partial charge in [-0.15, -0.1) is 0 Å². The summed E-state index contributed by atoms with van der Waals surface area (Å²) < 4.78 is 0. The summed E-state index contributed by atoms with van der Waals surface area (Å²) in [5, 5.41) is 24.6. The summed E-state index contributed by atoms with van der Waals surface area (Å²) in [7, 11) is 0. The number of hydrogen-bond acceptors (Lipinski definition) is 4. The molecule has 0 aliphatic rings. The van der Waals surface area contributed by atoms with Gasteiger partial charge in [-0.05, 0) is 5.92 Å². The maximum absolute atomic E-state index is 11.3. The first-order chi connectivity index (χ1) is 8.82. The zero-order valence-corrected chi connectivity index (χ0v) is 11.1. The quantitative estimate of drug-likeness (QED) is 0.384. The molecule has 0 aromatic heterocycles. The van der Waals surface area contributed by atoms with Crippen molar-refractivity contribution in [3.8, 4) is 0 Å². The van der Waals surface area contributed by atoms with Crippen molar-refractivity contribution >= 4 is 17.9 Å². The topological polar surface area (TPSA) is 128 Å². The molecule has 0 radical (unpaired) electrons. The fourth-order valence-corrected chi connectivity index (χ4v) is 1.05. The highest BCUT2D eigenvalue weighted by Crippen LogP contribution is 1.89. The molecular formula is C11H21N3O5. The number of carboxylic acid groups (broad SMARTS) is 1. The van der Waals surface area contributed by atoms with E-state index in [0.717, 1.165) is 0 Å². The molecule has 0 aromatic rings. The van der Waals surface area contributed by atoms with E-state index in [1.165, 1.54) is 0 Å². The third-order valence-corrected chi connectivity index (χ3v) is 2.11. The number of carbonyl (C=O) groups is 3. The molecule has 19 heavy (non-hydrogen) atoms. The van der Waals surface area contributed by atoms with Gasteiger partial charge >= 0.3 is 12.0 Å². The van der Waals surface area contributed by atoms with E-state index in [9.17, 15) is 14.4 Å². The summed E-state index contributed by atoms with van der Waals surface area (Å²) >= 11 is 0. The fourth-order valence-electron chi connectivity index (χ4n) is 1.05. The average molecular weight is 275 g/mol. The lowest BCUT2D eigenvalue weighted by Crippen LogP contribution is -2.43. The van der Waals surface area contributed by atoms with Crippen molar-refractivity contribution in [2.24, 2.45) is 5.92 Å².